The molecule has 0 radical (unpaired) electrons. The number of benzene rings is 2. The van der Waals surface area contributed by atoms with Crippen molar-refractivity contribution in [2.75, 3.05) is 18.0 Å². The summed E-state index contributed by atoms with van der Waals surface area (Å²) in [6, 6.07) is 17.5. The van der Waals surface area contributed by atoms with Gasteiger partial charge in [-0.05, 0) is 61.4 Å². The number of carbonyl (C=O) groups excluding carboxylic acids is 2. The van der Waals surface area contributed by atoms with E-state index >= 15 is 0 Å². The van der Waals surface area contributed by atoms with Gasteiger partial charge < -0.3 is 14.8 Å². The lowest BCUT2D eigenvalue weighted by atomic mass is 10.0. The second-order valence-corrected chi connectivity index (χ2v) is 7.66. The van der Waals surface area contributed by atoms with E-state index in [1.165, 1.54) is 0 Å². The van der Waals surface area contributed by atoms with Crippen LogP contribution in [0.5, 0.6) is 0 Å². The lowest BCUT2D eigenvalue weighted by Crippen LogP contribution is -2.46. The van der Waals surface area contributed by atoms with Gasteiger partial charge in [0.15, 0.2) is 0 Å². The summed E-state index contributed by atoms with van der Waals surface area (Å²) >= 11 is 0. The predicted molar refractivity (Wildman–Crippen MR) is 118 cm³/mol. The monoisotopic (exact) mass is 398 g/mol. The van der Waals surface area contributed by atoms with Gasteiger partial charge in [0.2, 0.25) is 6.41 Å². The summed E-state index contributed by atoms with van der Waals surface area (Å²) in [6.45, 7) is 1.25. The maximum Gasteiger partial charge on any atom is 0.253 e. The minimum atomic E-state index is 0.0450. The molecular formula is C24H22N4O2. The van der Waals surface area contributed by atoms with Crippen LogP contribution in [0.3, 0.4) is 0 Å². The molecule has 1 aliphatic heterocycles. The molecule has 0 unspecified atom stereocenters. The lowest BCUT2D eigenvalue weighted by Gasteiger charge is -2.37. The van der Waals surface area contributed by atoms with Crippen LogP contribution in [0.1, 0.15) is 23.2 Å². The van der Waals surface area contributed by atoms with Crippen molar-refractivity contribution in [2.24, 2.45) is 0 Å². The van der Waals surface area contributed by atoms with E-state index in [0.717, 1.165) is 46.7 Å². The molecule has 1 aliphatic rings. The van der Waals surface area contributed by atoms with Crippen LogP contribution in [0.4, 0.5) is 5.69 Å². The van der Waals surface area contributed by atoms with E-state index in [1.807, 2.05) is 65.7 Å². The van der Waals surface area contributed by atoms with Crippen LogP contribution in [0, 0.1) is 0 Å². The fourth-order valence-corrected chi connectivity index (χ4v) is 4.37. The van der Waals surface area contributed by atoms with Gasteiger partial charge in [-0.1, -0.05) is 6.07 Å². The highest BCUT2D eigenvalue weighted by Crippen LogP contribution is 2.29. The van der Waals surface area contributed by atoms with E-state index < -0.39 is 0 Å². The molecule has 6 heteroatoms. The van der Waals surface area contributed by atoms with Gasteiger partial charge >= 0.3 is 0 Å². The first kappa shape index (κ1) is 18.4. The van der Waals surface area contributed by atoms with Gasteiger partial charge in [0.05, 0.1) is 11.2 Å². The summed E-state index contributed by atoms with van der Waals surface area (Å²) in [5.41, 5.74) is 3.47. The first-order valence-corrected chi connectivity index (χ1v) is 10.2. The Bertz CT molecular complexity index is 1220. The number of nitrogens with zero attached hydrogens (tertiary/aromatic N) is 3. The summed E-state index contributed by atoms with van der Waals surface area (Å²) < 4.78 is 0. The van der Waals surface area contributed by atoms with Crippen LogP contribution in [-0.2, 0) is 4.79 Å². The number of rotatable bonds is 4. The number of nitrogens with one attached hydrogen (secondary N) is 1. The molecular weight excluding hydrogens is 376 g/mol. The van der Waals surface area contributed by atoms with Crippen molar-refractivity contribution >= 4 is 39.8 Å². The molecule has 0 bridgehead atoms. The number of hydrogen-bond donors (Lipinski definition) is 1. The number of amides is 2. The van der Waals surface area contributed by atoms with E-state index in [1.54, 1.807) is 11.1 Å². The molecule has 1 saturated heterocycles. The molecule has 5 rings (SSSR count). The van der Waals surface area contributed by atoms with Gasteiger partial charge in [0, 0.05) is 53.4 Å². The minimum absolute atomic E-state index is 0.0450. The number of pyridine rings is 1. The number of H-pyrrole nitrogens is 1. The highest BCUT2D eigenvalue weighted by molar-refractivity contribution is 5.99. The third kappa shape index (κ3) is 3.20. The topological polar surface area (TPSA) is 69.3 Å². The van der Waals surface area contributed by atoms with Crippen LogP contribution in [0.15, 0.2) is 67.0 Å². The summed E-state index contributed by atoms with van der Waals surface area (Å²) in [4.78, 5) is 36.2. The number of carbonyl (C=O) groups is 2. The van der Waals surface area contributed by atoms with E-state index in [2.05, 4.69) is 9.97 Å². The molecule has 1 fully saturated rings. The Kier molecular flexibility index (Phi) is 4.67. The average molecular weight is 398 g/mol. The van der Waals surface area contributed by atoms with Crippen LogP contribution in [0.25, 0.3) is 21.8 Å². The van der Waals surface area contributed by atoms with Gasteiger partial charge in [-0.15, -0.1) is 0 Å². The predicted octanol–water partition coefficient (Wildman–Crippen LogP) is 3.98. The third-order valence-corrected chi connectivity index (χ3v) is 5.96. The van der Waals surface area contributed by atoms with E-state index in [0.29, 0.717) is 18.7 Å². The van der Waals surface area contributed by atoms with Gasteiger partial charge in [-0.2, -0.15) is 0 Å². The Hall–Kier alpha value is -3.67. The molecule has 0 aliphatic carbocycles. The summed E-state index contributed by atoms with van der Waals surface area (Å²) in [5.74, 6) is 0.0450. The normalized spacial score (nSPS) is 14.9. The molecule has 2 aromatic heterocycles. The summed E-state index contributed by atoms with van der Waals surface area (Å²) in [6.07, 6.45) is 6.03. The first-order chi connectivity index (χ1) is 14.7. The highest BCUT2D eigenvalue weighted by Gasteiger charge is 2.28. The molecule has 2 aromatic carbocycles. The Morgan fingerprint density at radius 1 is 1.10 bits per heavy atom. The number of likely N-dealkylation sites (tertiary alicyclic amines) is 1. The number of aromatic amines is 1. The molecule has 150 valence electrons. The van der Waals surface area contributed by atoms with Crippen LogP contribution in [-0.4, -0.2) is 46.3 Å². The fourth-order valence-electron chi connectivity index (χ4n) is 4.37. The number of aromatic nitrogens is 2. The number of anilines is 1. The Morgan fingerprint density at radius 3 is 2.80 bits per heavy atom. The fraction of sp³-hybridized carbons (Fsp3) is 0.208. The summed E-state index contributed by atoms with van der Waals surface area (Å²) in [7, 11) is 0. The maximum absolute atomic E-state index is 13.0. The molecule has 0 atom stereocenters. The van der Waals surface area contributed by atoms with Crippen LogP contribution < -0.4 is 4.90 Å². The van der Waals surface area contributed by atoms with Gasteiger partial charge in [-0.3, -0.25) is 14.6 Å². The number of piperidine rings is 1. The van der Waals surface area contributed by atoms with E-state index in [9.17, 15) is 9.59 Å². The molecule has 1 N–H and O–H groups in total. The SMILES string of the molecule is O=CN(c1cccc2ncccc12)C1CCN(C(=O)c2ccc3[nH]ccc3c2)CC1. The quantitative estimate of drug-likeness (QED) is 0.529. The molecule has 0 spiro atoms. The Balaban J connectivity index is 1.33. The van der Waals surface area contributed by atoms with Crippen molar-refractivity contribution in [1.82, 2.24) is 14.9 Å². The standard InChI is InChI=1S/C24H22N4O2/c29-16-28(23-5-1-4-22-20(23)3-2-11-25-22)19-9-13-27(14-10-19)24(30)18-6-7-21-17(15-18)8-12-26-21/h1-8,11-12,15-16,19,26H,9-10,13-14H2. The first-order valence-electron chi connectivity index (χ1n) is 10.2. The zero-order valence-corrected chi connectivity index (χ0v) is 16.5. The van der Waals surface area contributed by atoms with Gasteiger partial charge in [-0.25, -0.2) is 0 Å². The maximum atomic E-state index is 13.0. The van der Waals surface area contributed by atoms with Crippen molar-refractivity contribution in [3.8, 4) is 0 Å². The third-order valence-electron chi connectivity index (χ3n) is 5.96. The Labute approximate surface area is 174 Å². The zero-order chi connectivity index (χ0) is 20.5. The van der Waals surface area contributed by atoms with Crippen molar-refractivity contribution in [2.45, 2.75) is 18.9 Å². The van der Waals surface area contributed by atoms with Crippen LogP contribution >= 0.6 is 0 Å². The van der Waals surface area contributed by atoms with E-state index in [4.69, 9.17) is 0 Å². The van der Waals surface area contributed by atoms with Crippen molar-refractivity contribution in [3.63, 3.8) is 0 Å². The van der Waals surface area contributed by atoms with Crippen molar-refractivity contribution in [3.05, 3.63) is 72.6 Å². The lowest BCUT2D eigenvalue weighted by molar-refractivity contribution is -0.108. The molecule has 6 nitrogen and oxygen atoms in total. The van der Waals surface area contributed by atoms with Crippen molar-refractivity contribution in [1.29, 1.82) is 0 Å². The minimum Gasteiger partial charge on any atom is -0.361 e. The second kappa shape index (κ2) is 7.63. The molecule has 3 heterocycles. The highest BCUT2D eigenvalue weighted by atomic mass is 16.2. The molecule has 30 heavy (non-hydrogen) atoms. The van der Waals surface area contributed by atoms with Gasteiger partial charge in [0.1, 0.15) is 0 Å². The average Bonchev–Trinajstić information content (AvgIpc) is 3.28. The van der Waals surface area contributed by atoms with E-state index in [-0.39, 0.29) is 11.9 Å². The Morgan fingerprint density at radius 2 is 1.97 bits per heavy atom. The zero-order valence-electron chi connectivity index (χ0n) is 16.5. The number of hydrogen-bond acceptors (Lipinski definition) is 3. The molecule has 0 saturated carbocycles. The summed E-state index contributed by atoms with van der Waals surface area (Å²) in [5, 5.41) is 2.00. The second-order valence-electron chi connectivity index (χ2n) is 7.66. The van der Waals surface area contributed by atoms with Gasteiger partial charge in [0.25, 0.3) is 5.91 Å². The smallest absolute Gasteiger partial charge is 0.253 e. The largest absolute Gasteiger partial charge is 0.361 e. The molecule has 2 amide bonds. The van der Waals surface area contributed by atoms with Crippen LogP contribution in [0.2, 0.25) is 0 Å². The van der Waals surface area contributed by atoms with Crippen molar-refractivity contribution < 1.29 is 9.59 Å². The number of fused-ring (bicyclic) bond motifs is 2. The molecule has 4 aromatic rings.